The van der Waals surface area contributed by atoms with Crippen molar-refractivity contribution in [3.05, 3.63) is 47.8 Å². The van der Waals surface area contributed by atoms with E-state index in [9.17, 15) is 8.78 Å². The Labute approximate surface area is 205 Å². The van der Waals surface area contributed by atoms with Crippen LogP contribution < -0.4 is 4.74 Å². The molecule has 0 aliphatic carbocycles. The summed E-state index contributed by atoms with van der Waals surface area (Å²) in [4.78, 5) is 8.47. The largest absolute Gasteiger partial charge is 0.490 e. The molecule has 2 rings (SSSR count). The van der Waals surface area contributed by atoms with Gasteiger partial charge in [-0.1, -0.05) is 96.6 Å². The number of hydrogen-bond acceptors (Lipinski definition) is 3. The van der Waals surface area contributed by atoms with Crippen molar-refractivity contribution in [2.24, 2.45) is 0 Å². The van der Waals surface area contributed by atoms with Crippen molar-refractivity contribution in [3.8, 4) is 17.1 Å². The smallest absolute Gasteiger partial charge is 0.201 e. The van der Waals surface area contributed by atoms with Crippen LogP contribution in [0, 0.1) is 11.6 Å². The Morgan fingerprint density at radius 2 is 1.32 bits per heavy atom. The summed E-state index contributed by atoms with van der Waals surface area (Å²) in [6.07, 6.45) is 24.1. The molecule has 1 aromatic heterocycles. The second-order valence-corrected chi connectivity index (χ2v) is 9.01. The highest BCUT2D eigenvalue weighted by Gasteiger charge is 2.17. The molecule has 1 heterocycles. The highest BCUT2D eigenvalue weighted by Crippen LogP contribution is 2.28. The van der Waals surface area contributed by atoms with E-state index < -0.39 is 11.6 Å². The highest BCUT2D eigenvalue weighted by molar-refractivity contribution is 5.59. The van der Waals surface area contributed by atoms with Crippen LogP contribution in [-0.2, 0) is 0 Å². The van der Waals surface area contributed by atoms with Gasteiger partial charge in [0, 0.05) is 18.0 Å². The minimum Gasteiger partial charge on any atom is -0.490 e. The van der Waals surface area contributed by atoms with Crippen LogP contribution in [0.1, 0.15) is 109 Å². The number of benzene rings is 1. The molecule has 5 heteroatoms. The van der Waals surface area contributed by atoms with Crippen LogP contribution in [0.15, 0.2) is 30.6 Å². The molecule has 188 valence electrons. The number of allylic oxidation sites excluding steroid dienone is 1. The van der Waals surface area contributed by atoms with E-state index in [1.165, 1.54) is 76.3 Å². The van der Waals surface area contributed by atoms with E-state index in [0.29, 0.717) is 6.61 Å². The number of aromatic nitrogens is 2. The summed E-state index contributed by atoms with van der Waals surface area (Å²) in [6.45, 7) is 4.81. The van der Waals surface area contributed by atoms with Gasteiger partial charge in [0.2, 0.25) is 5.82 Å². The minimum absolute atomic E-state index is 0.0448. The molecule has 0 spiro atoms. The average Bonchev–Trinajstić information content (AvgIpc) is 2.85. The zero-order chi connectivity index (χ0) is 24.4. The van der Waals surface area contributed by atoms with Crippen molar-refractivity contribution in [3.63, 3.8) is 0 Å². The quantitative estimate of drug-likeness (QED) is 0.203. The Morgan fingerprint density at radius 3 is 1.97 bits per heavy atom. The fourth-order valence-corrected chi connectivity index (χ4v) is 3.88. The van der Waals surface area contributed by atoms with Crippen LogP contribution in [0.4, 0.5) is 8.78 Å². The van der Waals surface area contributed by atoms with Gasteiger partial charge in [0.25, 0.3) is 0 Å². The van der Waals surface area contributed by atoms with Gasteiger partial charge < -0.3 is 4.74 Å². The second-order valence-electron chi connectivity index (χ2n) is 9.01. The van der Waals surface area contributed by atoms with Crippen LogP contribution in [0.2, 0.25) is 0 Å². The van der Waals surface area contributed by atoms with E-state index >= 15 is 0 Å². The maximum Gasteiger partial charge on any atom is 0.201 e. The summed E-state index contributed by atoms with van der Waals surface area (Å²) in [5.74, 6) is -1.83. The zero-order valence-electron chi connectivity index (χ0n) is 21.1. The molecule has 0 saturated heterocycles. The van der Waals surface area contributed by atoms with Gasteiger partial charge in [0.1, 0.15) is 0 Å². The van der Waals surface area contributed by atoms with Crippen molar-refractivity contribution in [1.82, 2.24) is 9.97 Å². The lowest BCUT2D eigenvalue weighted by molar-refractivity contribution is 0.285. The Morgan fingerprint density at radius 1 is 0.735 bits per heavy atom. The number of hydrogen-bond donors (Lipinski definition) is 0. The van der Waals surface area contributed by atoms with Crippen LogP contribution >= 0.6 is 0 Å². The Hall–Kier alpha value is -2.30. The van der Waals surface area contributed by atoms with Crippen molar-refractivity contribution < 1.29 is 13.5 Å². The molecular weight excluding hydrogens is 430 g/mol. The van der Waals surface area contributed by atoms with Gasteiger partial charge in [-0.25, -0.2) is 14.4 Å². The summed E-state index contributed by atoms with van der Waals surface area (Å²) in [5, 5.41) is 0. The zero-order valence-corrected chi connectivity index (χ0v) is 21.1. The second kappa shape index (κ2) is 17.2. The molecule has 1 aromatic carbocycles. The molecule has 0 fully saturated rings. The molecule has 0 saturated carbocycles. The van der Waals surface area contributed by atoms with Crippen LogP contribution in [0.3, 0.4) is 0 Å². The van der Waals surface area contributed by atoms with Gasteiger partial charge in [-0.3, -0.25) is 0 Å². The highest BCUT2D eigenvalue weighted by atomic mass is 19.2. The maximum atomic E-state index is 14.6. The van der Waals surface area contributed by atoms with Gasteiger partial charge in [-0.2, -0.15) is 4.39 Å². The van der Waals surface area contributed by atoms with Crippen molar-refractivity contribution in [2.45, 2.75) is 104 Å². The lowest BCUT2D eigenvalue weighted by Gasteiger charge is -2.10. The molecular formula is C29H42F2N2O. The molecule has 0 aliphatic rings. The molecule has 34 heavy (non-hydrogen) atoms. The molecule has 0 aliphatic heterocycles. The lowest BCUT2D eigenvalue weighted by atomic mass is 10.1. The summed E-state index contributed by atoms with van der Waals surface area (Å²) in [5.41, 5.74) is 0.897. The van der Waals surface area contributed by atoms with Crippen LogP contribution in [0.25, 0.3) is 17.5 Å². The Kier molecular flexibility index (Phi) is 14.1. The molecule has 0 amide bonds. The predicted octanol–water partition coefficient (Wildman–Crippen LogP) is 9.31. The van der Waals surface area contributed by atoms with Gasteiger partial charge >= 0.3 is 0 Å². The van der Waals surface area contributed by atoms with Gasteiger partial charge in [0.15, 0.2) is 17.4 Å². The van der Waals surface area contributed by atoms with Crippen molar-refractivity contribution in [1.29, 1.82) is 0 Å². The SMILES string of the molecule is CCCCCCCCC=Cc1cnc(-c2ccc(OCCCCCCCCC)c(F)c2F)nc1. The average molecular weight is 473 g/mol. The first kappa shape index (κ1) is 27.9. The first-order valence-electron chi connectivity index (χ1n) is 13.3. The fraction of sp³-hybridized carbons (Fsp3) is 0.586. The molecule has 0 radical (unpaired) electrons. The molecule has 0 unspecified atom stereocenters. The van der Waals surface area contributed by atoms with Crippen molar-refractivity contribution in [2.75, 3.05) is 6.61 Å². The Balaban J connectivity index is 1.79. The number of unbranched alkanes of at least 4 members (excludes halogenated alkanes) is 12. The van der Waals surface area contributed by atoms with Crippen molar-refractivity contribution >= 4 is 6.08 Å². The Bertz CT molecular complexity index is 837. The number of rotatable bonds is 18. The maximum absolute atomic E-state index is 14.6. The molecule has 0 atom stereocenters. The van der Waals surface area contributed by atoms with E-state index in [2.05, 4.69) is 29.9 Å². The summed E-state index contributed by atoms with van der Waals surface area (Å²) in [6, 6.07) is 2.95. The lowest BCUT2D eigenvalue weighted by Crippen LogP contribution is -2.02. The minimum atomic E-state index is -0.980. The van der Waals surface area contributed by atoms with E-state index in [-0.39, 0.29) is 17.1 Å². The monoisotopic (exact) mass is 472 g/mol. The number of nitrogens with zero attached hydrogens (tertiary/aromatic N) is 2. The van der Waals surface area contributed by atoms with E-state index in [4.69, 9.17) is 4.74 Å². The normalized spacial score (nSPS) is 11.4. The molecule has 0 N–H and O–H groups in total. The van der Waals surface area contributed by atoms with E-state index in [1.807, 2.05) is 6.08 Å². The summed E-state index contributed by atoms with van der Waals surface area (Å²) in [7, 11) is 0. The molecule has 3 nitrogen and oxygen atoms in total. The third-order valence-corrected chi connectivity index (χ3v) is 6.00. The summed E-state index contributed by atoms with van der Waals surface area (Å²) >= 11 is 0. The van der Waals surface area contributed by atoms with Crippen LogP contribution in [-0.4, -0.2) is 16.6 Å². The van der Waals surface area contributed by atoms with Gasteiger partial charge in [-0.15, -0.1) is 0 Å². The van der Waals surface area contributed by atoms with E-state index in [0.717, 1.165) is 31.2 Å². The summed E-state index contributed by atoms with van der Waals surface area (Å²) < 4.78 is 34.6. The predicted molar refractivity (Wildman–Crippen MR) is 138 cm³/mol. The van der Waals surface area contributed by atoms with Gasteiger partial charge in [0.05, 0.1) is 12.2 Å². The first-order chi connectivity index (χ1) is 16.7. The van der Waals surface area contributed by atoms with E-state index in [1.54, 1.807) is 12.4 Å². The fourth-order valence-electron chi connectivity index (χ4n) is 3.88. The third kappa shape index (κ3) is 10.3. The topological polar surface area (TPSA) is 35.0 Å². The molecule has 2 aromatic rings. The molecule has 0 bridgehead atoms. The number of ether oxygens (including phenoxy) is 1. The van der Waals surface area contributed by atoms with Gasteiger partial charge in [-0.05, 0) is 31.4 Å². The first-order valence-corrected chi connectivity index (χ1v) is 13.3. The van der Waals surface area contributed by atoms with Crippen LogP contribution in [0.5, 0.6) is 5.75 Å². The number of halogens is 2. The standard InChI is InChI=1S/C29H42F2N2O/c1-3-5-7-9-11-12-14-16-18-24-22-32-29(33-23-24)25-19-20-26(28(31)27(25)30)34-21-17-15-13-10-8-6-4-2/h16,18-20,22-23H,3-15,17,21H2,1-2H3. The third-order valence-electron chi connectivity index (χ3n) is 6.00.